The summed E-state index contributed by atoms with van der Waals surface area (Å²) in [6, 6.07) is 20.8. The highest BCUT2D eigenvalue weighted by Gasteiger charge is 2.51. The third-order valence-corrected chi connectivity index (χ3v) is 10.2. The van der Waals surface area contributed by atoms with Gasteiger partial charge in [0.2, 0.25) is 0 Å². The Morgan fingerprint density at radius 2 is 1.57 bits per heavy atom. The molecule has 4 heteroatoms. The van der Waals surface area contributed by atoms with Gasteiger partial charge in [0.25, 0.3) is 8.32 Å². The van der Waals surface area contributed by atoms with Crippen LogP contribution in [0.15, 0.2) is 72.3 Å². The number of esters is 1. The summed E-state index contributed by atoms with van der Waals surface area (Å²) in [7, 11) is -2.74. The van der Waals surface area contributed by atoms with Crippen LogP contribution in [0.25, 0.3) is 0 Å². The largest absolute Gasteiger partial charge is 0.463 e. The minimum absolute atomic E-state index is 0.162. The van der Waals surface area contributed by atoms with Gasteiger partial charge >= 0.3 is 5.97 Å². The average molecular weight is 421 g/mol. The number of hydrogen-bond acceptors (Lipinski definition) is 3. The molecule has 2 rings (SSSR count). The normalized spacial score (nSPS) is 13.4. The summed E-state index contributed by atoms with van der Waals surface area (Å²) in [5, 5.41) is 2.19. The predicted octanol–water partition coefficient (Wildman–Crippen LogP) is 4.46. The number of ether oxygens (including phenoxy) is 1. The van der Waals surface area contributed by atoms with Crippen molar-refractivity contribution in [2.24, 2.45) is 0 Å². The lowest BCUT2D eigenvalue weighted by molar-refractivity contribution is -0.138. The SMILES string of the molecule is C#C[C@@H](C/C=C(\C)C(=O)OCC)O[Si](c1ccccc1)(c1ccccc1)C(C)(C)C. The van der Waals surface area contributed by atoms with Crippen LogP contribution >= 0.6 is 0 Å². The first-order valence-electron chi connectivity index (χ1n) is 10.3. The average Bonchev–Trinajstić information content (AvgIpc) is 2.74. The van der Waals surface area contributed by atoms with Gasteiger partial charge in [0.05, 0.1) is 6.61 Å². The van der Waals surface area contributed by atoms with Crippen molar-refractivity contribution in [3.8, 4) is 12.3 Å². The van der Waals surface area contributed by atoms with Gasteiger partial charge in [-0.25, -0.2) is 4.79 Å². The van der Waals surface area contributed by atoms with E-state index in [0.717, 1.165) is 0 Å². The lowest BCUT2D eigenvalue weighted by Gasteiger charge is -2.44. The van der Waals surface area contributed by atoms with Crippen molar-refractivity contribution < 1.29 is 14.0 Å². The molecule has 30 heavy (non-hydrogen) atoms. The quantitative estimate of drug-likeness (QED) is 0.274. The van der Waals surface area contributed by atoms with E-state index < -0.39 is 14.4 Å². The van der Waals surface area contributed by atoms with E-state index in [2.05, 4.69) is 51.0 Å². The van der Waals surface area contributed by atoms with E-state index in [1.54, 1.807) is 13.8 Å². The second kappa shape index (κ2) is 10.4. The van der Waals surface area contributed by atoms with Crippen molar-refractivity contribution >= 4 is 24.7 Å². The van der Waals surface area contributed by atoms with E-state index in [4.69, 9.17) is 15.6 Å². The Hall–Kier alpha value is -2.61. The summed E-state index contributed by atoms with van der Waals surface area (Å²) in [4.78, 5) is 12.0. The van der Waals surface area contributed by atoms with Gasteiger partial charge in [-0.3, -0.25) is 0 Å². The van der Waals surface area contributed by atoms with Crippen molar-refractivity contribution in [2.75, 3.05) is 6.61 Å². The molecule has 1 atom stereocenters. The predicted molar refractivity (Wildman–Crippen MR) is 126 cm³/mol. The summed E-state index contributed by atoms with van der Waals surface area (Å²) in [5.41, 5.74) is 0.545. The van der Waals surface area contributed by atoms with Crippen LogP contribution in [0.5, 0.6) is 0 Å². The van der Waals surface area contributed by atoms with Crippen molar-refractivity contribution in [2.45, 2.75) is 52.2 Å². The molecule has 0 saturated heterocycles. The first-order chi connectivity index (χ1) is 14.3. The molecule has 158 valence electrons. The molecule has 3 nitrogen and oxygen atoms in total. The Morgan fingerprint density at radius 3 is 1.97 bits per heavy atom. The van der Waals surface area contributed by atoms with E-state index in [9.17, 15) is 4.79 Å². The number of terminal acetylenes is 1. The Bertz CT molecular complexity index is 850. The molecule has 0 unspecified atom stereocenters. The molecule has 0 bridgehead atoms. The van der Waals surface area contributed by atoms with Crippen molar-refractivity contribution in [3.05, 3.63) is 72.3 Å². The summed E-state index contributed by atoms with van der Waals surface area (Å²) in [6.45, 7) is 10.5. The summed E-state index contributed by atoms with van der Waals surface area (Å²) < 4.78 is 12.0. The first kappa shape index (κ1) is 23.7. The molecule has 2 aromatic rings. The number of hydrogen-bond donors (Lipinski definition) is 0. The smallest absolute Gasteiger partial charge is 0.333 e. The molecular formula is C26H32O3Si. The highest BCUT2D eigenvalue weighted by molar-refractivity contribution is 6.99. The van der Waals surface area contributed by atoms with E-state index in [0.29, 0.717) is 18.6 Å². The molecule has 0 radical (unpaired) electrons. The van der Waals surface area contributed by atoms with Crippen LogP contribution < -0.4 is 10.4 Å². The van der Waals surface area contributed by atoms with E-state index in [1.165, 1.54) is 10.4 Å². The molecule has 0 spiro atoms. The lowest BCUT2D eigenvalue weighted by atomic mass is 10.2. The molecule has 0 aromatic heterocycles. The fraction of sp³-hybridized carbons (Fsp3) is 0.346. The van der Waals surface area contributed by atoms with Crippen LogP contribution in [0.2, 0.25) is 5.04 Å². The van der Waals surface area contributed by atoms with Crippen LogP contribution in [0.4, 0.5) is 0 Å². The van der Waals surface area contributed by atoms with E-state index >= 15 is 0 Å². The maximum Gasteiger partial charge on any atom is 0.333 e. The molecule has 0 saturated carbocycles. The van der Waals surface area contributed by atoms with Crippen molar-refractivity contribution in [1.29, 1.82) is 0 Å². The van der Waals surface area contributed by atoms with E-state index in [1.807, 2.05) is 42.5 Å². The molecule has 0 aliphatic carbocycles. The zero-order valence-electron chi connectivity index (χ0n) is 18.6. The van der Waals surface area contributed by atoms with Gasteiger partial charge in [0.1, 0.15) is 6.10 Å². The monoisotopic (exact) mass is 420 g/mol. The molecule has 0 N–H and O–H groups in total. The van der Waals surface area contributed by atoms with Crippen LogP contribution in [-0.2, 0) is 14.0 Å². The standard InChI is InChI=1S/C26H32O3Si/c1-7-22(20-19-21(3)25(27)28-8-2)29-30(26(4,5)6,23-15-11-9-12-16-23)24-17-13-10-14-18-24/h1,9-19,22H,8,20H2,2-6H3/b21-19+/t22-/m0/s1. The Kier molecular flexibility index (Phi) is 8.22. The fourth-order valence-electron chi connectivity index (χ4n) is 3.67. The molecule has 0 aliphatic heterocycles. The van der Waals surface area contributed by atoms with Gasteiger partial charge in [0.15, 0.2) is 0 Å². The Labute approximate surface area is 182 Å². The molecule has 0 fully saturated rings. The first-order valence-corrected chi connectivity index (χ1v) is 12.3. The van der Waals surface area contributed by atoms with Gasteiger partial charge in [-0.15, -0.1) is 6.42 Å². The Balaban J connectivity index is 2.51. The van der Waals surface area contributed by atoms with E-state index in [-0.39, 0.29) is 11.0 Å². The second-order valence-electron chi connectivity index (χ2n) is 8.28. The van der Waals surface area contributed by atoms with Crippen molar-refractivity contribution in [1.82, 2.24) is 0 Å². The highest BCUT2D eigenvalue weighted by atomic mass is 28.4. The zero-order chi connectivity index (χ0) is 22.2. The van der Waals surface area contributed by atoms with Crippen molar-refractivity contribution in [3.63, 3.8) is 0 Å². The molecule has 0 heterocycles. The second-order valence-corrected chi connectivity index (χ2v) is 12.5. The van der Waals surface area contributed by atoms with Gasteiger partial charge in [-0.2, -0.15) is 0 Å². The molecule has 0 aliphatic rings. The fourth-order valence-corrected chi connectivity index (χ4v) is 8.27. The van der Waals surface area contributed by atoms with Gasteiger partial charge in [-0.05, 0) is 29.3 Å². The topological polar surface area (TPSA) is 35.5 Å². The molecule has 0 amide bonds. The summed E-state index contributed by atoms with van der Waals surface area (Å²) in [5.74, 6) is 2.49. The number of benzene rings is 2. The van der Waals surface area contributed by atoms with Crippen LogP contribution in [-0.4, -0.2) is 27.0 Å². The lowest BCUT2D eigenvalue weighted by Crippen LogP contribution is -2.67. The van der Waals surface area contributed by atoms with Crippen LogP contribution in [0.1, 0.15) is 41.0 Å². The Morgan fingerprint density at radius 1 is 1.07 bits per heavy atom. The van der Waals surface area contributed by atoms with Gasteiger partial charge in [-0.1, -0.05) is 93.4 Å². The molecular weight excluding hydrogens is 388 g/mol. The third kappa shape index (κ3) is 5.30. The van der Waals surface area contributed by atoms with Gasteiger partial charge < -0.3 is 9.16 Å². The maximum absolute atomic E-state index is 12.0. The third-order valence-electron chi connectivity index (χ3n) is 5.16. The number of rotatable bonds is 8. The number of carbonyl (C=O) groups excluding carboxylic acids is 1. The summed E-state index contributed by atoms with van der Waals surface area (Å²) >= 11 is 0. The minimum atomic E-state index is -2.74. The zero-order valence-corrected chi connectivity index (χ0v) is 19.6. The van der Waals surface area contributed by atoms with Crippen LogP contribution in [0, 0.1) is 12.3 Å². The number of carbonyl (C=O) groups is 1. The highest BCUT2D eigenvalue weighted by Crippen LogP contribution is 2.37. The summed E-state index contributed by atoms with van der Waals surface area (Å²) in [6.07, 6.45) is 7.71. The van der Waals surface area contributed by atoms with Crippen LogP contribution in [0.3, 0.4) is 0 Å². The minimum Gasteiger partial charge on any atom is -0.463 e. The molecule has 2 aromatic carbocycles. The van der Waals surface area contributed by atoms with Gasteiger partial charge in [0, 0.05) is 12.0 Å². The maximum atomic E-state index is 12.0.